The normalized spacial score (nSPS) is 10.6. The van der Waals surface area contributed by atoms with Gasteiger partial charge in [-0.05, 0) is 24.3 Å². The number of benzene rings is 2. The van der Waals surface area contributed by atoms with Gasteiger partial charge in [-0.1, -0.05) is 17.7 Å². The Morgan fingerprint density at radius 2 is 2.12 bits per heavy atom. The van der Waals surface area contributed by atoms with E-state index in [2.05, 4.69) is 15.3 Å². The van der Waals surface area contributed by atoms with Crippen LogP contribution in [0.4, 0.5) is 17.3 Å². The number of aromatic amines is 1. The Hall–Kier alpha value is -3.17. The van der Waals surface area contributed by atoms with Crippen molar-refractivity contribution in [3.63, 3.8) is 0 Å². The molecule has 24 heavy (non-hydrogen) atoms. The number of hydrogen-bond acceptors (Lipinski definition) is 6. The van der Waals surface area contributed by atoms with Gasteiger partial charge in [-0.25, -0.2) is 10.5 Å². The van der Waals surface area contributed by atoms with E-state index in [1.165, 1.54) is 24.3 Å². The average Bonchev–Trinajstić information content (AvgIpc) is 2.94. The number of imidazole rings is 1. The topological polar surface area (TPSA) is 133 Å². The van der Waals surface area contributed by atoms with Crippen LogP contribution in [0.1, 0.15) is 10.4 Å². The van der Waals surface area contributed by atoms with Gasteiger partial charge in [0.1, 0.15) is 5.02 Å². The van der Waals surface area contributed by atoms with Gasteiger partial charge in [0, 0.05) is 17.3 Å². The van der Waals surface area contributed by atoms with Crippen LogP contribution in [0.5, 0.6) is 0 Å². The van der Waals surface area contributed by atoms with Crippen LogP contribution in [0.2, 0.25) is 5.02 Å². The predicted octanol–water partition coefficient (Wildman–Crippen LogP) is 2.99. The number of hydroxylamine groups is 1. The third-order valence-electron chi connectivity index (χ3n) is 3.24. The quantitative estimate of drug-likeness (QED) is 0.325. The van der Waals surface area contributed by atoms with Gasteiger partial charge in [0.15, 0.2) is 0 Å². The number of nitrogens with one attached hydrogen (secondary N) is 3. The molecule has 2 aromatic carbocycles. The number of amides is 1. The van der Waals surface area contributed by atoms with E-state index in [4.69, 9.17) is 16.8 Å². The largest absolute Gasteiger partial charge is 0.326 e. The predicted molar refractivity (Wildman–Crippen MR) is 86.7 cm³/mol. The van der Waals surface area contributed by atoms with E-state index in [0.717, 1.165) is 0 Å². The fourth-order valence-corrected chi connectivity index (χ4v) is 2.39. The zero-order chi connectivity index (χ0) is 17.3. The van der Waals surface area contributed by atoms with Crippen molar-refractivity contribution in [3.05, 3.63) is 57.1 Å². The summed E-state index contributed by atoms with van der Waals surface area (Å²) in [6.45, 7) is 0. The van der Waals surface area contributed by atoms with Gasteiger partial charge in [0.05, 0.1) is 16.0 Å². The van der Waals surface area contributed by atoms with E-state index in [-0.39, 0.29) is 16.3 Å². The minimum absolute atomic E-state index is 0.00726. The van der Waals surface area contributed by atoms with Gasteiger partial charge in [0.2, 0.25) is 5.95 Å². The molecule has 0 bridgehead atoms. The smallest absolute Gasteiger partial charge is 0.290 e. The molecule has 0 atom stereocenters. The highest BCUT2D eigenvalue weighted by molar-refractivity contribution is 6.33. The monoisotopic (exact) mass is 347 g/mol. The first-order chi connectivity index (χ1) is 11.5. The van der Waals surface area contributed by atoms with E-state index in [0.29, 0.717) is 22.7 Å². The van der Waals surface area contributed by atoms with E-state index in [9.17, 15) is 14.9 Å². The van der Waals surface area contributed by atoms with Crippen LogP contribution in [0, 0.1) is 10.1 Å². The maximum atomic E-state index is 11.4. The molecular weight excluding hydrogens is 338 g/mol. The molecule has 0 saturated heterocycles. The zero-order valence-electron chi connectivity index (χ0n) is 11.9. The molecule has 0 fully saturated rings. The van der Waals surface area contributed by atoms with Crippen LogP contribution >= 0.6 is 11.6 Å². The molecule has 1 aromatic heterocycles. The molecule has 0 aliphatic rings. The van der Waals surface area contributed by atoms with Crippen LogP contribution in [-0.4, -0.2) is 26.0 Å². The minimum Gasteiger partial charge on any atom is -0.326 e. The summed E-state index contributed by atoms with van der Waals surface area (Å²) in [6.07, 6.45) is 0. The molecule has 0 spiro atoms. The second-order valence-electron chi connectivity index (χ2n) is 4.81. The van der Waals surface area contributed by atoms with Crippen LogP contribution in [0.3, 0.4) is 0 Å². The summed E-state index contributed by atoms with van der Waals surface area (Å²) >= 11 is 5.86. The first-order valence-electron chi connectivity index (χ1n) is 6.63. The van der Waals surface area contributed by atoms with Crippen molar-refractivity contribution in [1.82, 2.24) is 15.4 Å². The summed E-state index contributed by atoms with van der Waals surface area (Å²) < 4.78 is 0. The first kappa shape index (κ1) is 15.7. The Morgan fingerprint density at radius 3 is 2.83 bits per heavy atom. The van der Waals surface area contributed by atoms with Gasteiger partial charge in [-0.3, -0.25) is 20.1 Å². The van der Waals surface area contributed by atoms with Gasteiger partial charge in [-0.2, -0.15) is 0 Å². The highest BCUT2D eigenvalue weighted by Gasteiger charge is 2.16. The van der Waals surface area contributed by atoms with E-state index in [1.807, 2.05) is 0 Å². The summed E-state index contributed by atoms with van der Waals surface area (Å²) in [7, 11) is 0. The molecule has 1 amide bonds. The number of aromatic nitrogens is 2. The third kappa shape index (κ3) is 2.98. The van der Waals surface area contributed by atoms with Crippen molar-refractivity contribution in [1.29, 1.82) is 0 Å². The van der Waals surface area contributed by atoms with Gasteiger partial charge in [0.25, 0.3) is 11.6 Å². The fourth-order valence-electron chi connectivity index (χ4n) is 2.16. The highest BCUT2D eigenvalue weighted by atomic mass is 35.5. The lowest BCUT2D eigenvalue weighted by Gasteiger charge is -2.04. The summed E-state index contributed by atoms with van der Waals surface area (Å²) in [5.74, 6) is -0.325. The first-order valence-corrected chi connectivity index (χ1v) is 7.01. The molecule has 4 N–H and O–H groups in total. The summed E-state index contributed by atoms with van der Waals surface area (Å²) in [6, 6.07) is 9.04. The number of anilines is 2. The Morgan fingerprint density at radius 1 is 1.33 bits per heavy atom. The van der Waals surface area contributed by atoms with Crippen molar-refractivity contribution in [2.75, 3.05) is 5.32 Å². The van der Waals surface area contributed by atoms with Crippen molar-refractivity contribution < 1.29 is 14.9 Å². The zero-order valence-corrected chi connectivity index (χ0v) is 12.7. The van der Waals surface area contributed by atoms with Gasteiger partial charge < -0.3 is 10.3 Å². The van der Waals surface area contributed by atoms with Crippen LogP contribution in [0.25, 0.3) is 11.0 Å². The van der Waals surface area contributed by atoms with Crippen LogP contribution in [0.15, 0.2) is 36.4 Å². The van der Waals surface area contributed by atoms with Gasteiger partial charge in [-0.15, -0.1) is 0 Å². The van der Waals surface area contributed by atoms with Crippen LogP contribution < -0.4 is 10.8 Å². The molecule has 3 rings (SSSR count). The number of nitro groups is 1. The number of hydrogen-bond donors (Lipinski definition) is 4. The lowest BCUT2D eigenvalue weighted by molar-refractivity contribution is -0.384. The highest BCUT2D eigenvalue weighted by Crippen LogP contribution is 2.30. The Balaban J connectivity index is 1.93. The van der Waals surface area contributed by atoms with Crippen molar-refractivity contribution in [3.8, 4) is 0 Å². The van der Waals surface area contributed by atoms with Crippen LogP contribution in [-0.2, 0) is 0 Å². The molecule has 0 unspecified atom stereocenters. The molecular formula is C14H10ClN5O4. The number of carbonyl (C=O) groups is 1. The van der Waals surface area contributed by atoms with Gasteiger partial charge >= 0.3 is 0 Å². The third-order valence-corrected chi connectivity index (χ3v) is 3.54. The molecule has 10 heteroatoms. The average molecular weight is 348 g/mol. The molecule has 122 valence electrons. The van der Waals surface area contributed by atoms with Crippen molar-refractivity contribution in [2.24, 2.45) is 0 Å². The second-order valence-corrected chi connectivity index (χ2v) is 5.22. The summed E-state index contributed by atoms with van der Waals surface area (Å²) in [5.41, 5.74) is 3.01. The number of halogens is 1. The second kappa shape index (κ2) is 6.14. The SMILES string of the molecule is O=C(NO)c1cccc(Nc2nc3cc(Cl)c([N+](=O)[O-])cc3[nH]2)c1. The molecule has 1 heterocycles. The van der Waals surface area contributed by atoms with Crippen molar-refractivity contribution >= 4 is 45.9 Å². The van der Waals surface area contributed by atoms with E-state index in [1.54, 1.807) is 17.6 Å². The lowest BCUT2D eigenvalue weighted by Crippen LogP contribution is -2.18. The van der Waals surface area contributed by atoms with Crippen molar-refractivity contribution in [2.45, 2.75) is 0 Å². The number of carbonyl (C=O) groups excluding carboxylic acids is 1. The molecule has 0 aliphatic heterocycles. The fraction of sp³-hybridized carbons (Fsp3) is 0. The standard InChI is InChI=1S/C14H10ClN5O4/c15-9-5-10-11(6-12(9)20(23)24)18-14(17-10)16-8-3-1-2-7(4-8)13(21)19-22/h1-6,22H,(H,19,21)(H2,16,17,18). The molecule has 0 saturated carbocycles. The molecule has 3 aromatic rings. The Bertz CT molecular complexity index is 955. The summed E-state index contributed by atoms with van der Waals surface area (Å²) in [4.78, 5) is 28.9. The Kier molecular flexibility index (Phi) is 4.02. The maximum Gasteiger partial charge on any atom is 0.290 e. The molecule has 0 radical (unpaired) electrons. The van der Waals surface area contributed by atoms with E-state index < -0.39 is 10.8 Å². The molecule has 0 aliphatic carbocycles. The number of nitrogens with zero attached hydrogens (tertiary/aromatic N) is 2. The number of rotatable bonds is 4. The number of H-pyrrole nitrogens is 1. The number of fused-ring (bicyclic) bond motifs is 1. The number of nitro benzene ring substituents is 1. The lowest BCUT2D eigenvalue weighted by atomic mass is 10.2. The van der Waals surface area contributed by atoms with E-state index >= 15 is 0 Å². The molecule has 9 nitrogen and oxygen atoms in total. The Labute approximate surface area is 139 Å². The minimum atomic E-state index is -0.648. The summed E-state index contributed by atoms with van der Waals surface area (Å²) in [5, 5.41) is 22.5. The maximum absolute atomic E-state index is 11.4.